The average molecular weight is 122 g/mol. The second-order valence-corrected chi connectivity index (χ2v) is 2.76. The highest BCUT2D eigenvalue weighted by Gasteiger charge is 1.96. The topological polar surface area (TPSA) is 0 Å². The predicted molar refractivity (Wildman–Crippen MR) is 41.3 cm³/mol. The van der Waals surface area contributed by atoms with Gasteiger partial charge in [0.1, 0.15) is 0 Å². The second kappa shape index (κ2) is 3.49. The minimum Gasteiger partial charge on any atom is -0.0880 e. The quantitative estimate of drug-likeness (QED) is 0.433. The van der Waals surface area contributed by atoms with Crippen LogP contribution in [0.1, 0.15) is 26.2 Å². The molecule has 0 saturated carbocycles. The molecule has 1 aliphatic carbocycles. The number of rotatable bonds is 0. The van der Waals surface area contributed by atoms with Crippen molar-refractivity contribution in [3.63, 3.8) is 0 Å². The molecular weight excluding hydrogens is 108 g/mol. The van der Waals surface area contributed by atoms with E-state index < -0.39 is 0 Å². The van der Waals surface area contributed by atoms with Gasteiger partial charge in [0, 0.05) is 0 Å². The van der Waals surface area contributed by atoms with Crippen LogP contribution >= 0.6 is 0 Å². The van der Waals surface area contributed by atoms with Gasteiger partial charge in [0.15, 0.2) is 0 Å². The molecule has 50 valence electrons. The molecule has 0 heteroatoms. The summed E-state index contributed by atoms with van der Waals surface area (Å²) < 4.78 is 0. The van der Waals surface area contributed by atoms with Gasteiger partial charge >= 0.3 is 0 Å². The summed E-state index contributed by atoms with van der Waals surface area (Å²) in [6.45, 7) is 2.29. The van der Waals surface area contributed by atoms with Gasteiger partial charge in [-0.2, -0.15) is 0 Å². The van der Waals surface area contributed by atoms with Gasteiger partial charge in [-0.3, -0.25) is 0 Å². The van der Waals surface area contributed by atoms with Crippen LogP contribution in [0.25, 0.3) is 0 Å². The van der Waals surface area contributed by atoms with Crippen LogP contribution in [0, 0.1) is 5.92 Å². The molecule has 0 nitrogen and oxygen atoms in total. The Balaban J connectivity index is 2.40. The van der Waals surface area contributed by atoms with E-state index in [1.54, 1.807) is 0 Å². The molecule has 0 atom stereocenters. The van der Waals surface area contributed by atoms with Crippen molar-refractivity contribution in [3.8, 4) is 0 Å². The summed E-state index contributed by atoms with van der Waals surface area (Å²) in [5.74, 6) is 0.845. The van der Waals surface area contributed by atoms with E-state index in [1.807, 2.05) is 0 Å². The standard InChI is InChI=1S/C9H14/c1-9-7-5-3-2-4-6-8-9/h3-6,9H,2,7-8H2,1H3. The van der Waals surface area contributed by atoms with Crippen molar-refractivity contribution in [2.24, 2.45) is 5.92 Å². The Morgan fingerprint density at radius 3 is 2.11 bits per heavy atom. The Labute approximate surface area is 57.3 Å². The fourth-order valence-electron chi connectivity index (χ4n) is 1.02. The van der Waals surface area contributed by atoms with Gasteiger partial charge in [0.05, 0.1) is 0 Å². The number of hydrogen-bond donors (Lipinski definition) is 0. The maximum Gasteiger partial charge on any atom is -0.0169 e. The maximum atomic E-state index is 2.29. The highest BCUT2D eigenvalue weighted by Crippen LogP contribution is 2.11. The van der Waals surface area contributed by atoms with Crippen molar-refractivity contribution in [1.82, 2.24) is 0 Å². The molecule has 9 heavy (non-hydrogen) atoms. The van der Waals surface area contributed by atoms with Crippen LogP contribution in [0.4, 0.5) is 0 Å². The second-order valence-electron chi connectivity index (χ2n) is 2.76. The minimum absolute atomic E-state index is 0.845. The molecule has 0 unspecified atom stereocenters. The fourth-order valence-corrected chi connectivity index (χ4v) is 1.02. The summed E-state index contributed by atoms with van der Waals surface area (Å²) in [6.07, 6.45) is 12.7. The number of allylic oxidation sites excluding steroid dienone is 4. The zero-order chi connectivity index (χ0) is 6.53. The molecule has 0 aliphatic heterocycles. The molecular formula is C9H14. The molecule has 1 aliphatic rings. The lowest BCUT2D eigenvalue weighted by molar-refractivity contribution is 0.599. The molecule has 0 aromatic carbocycles. The van der Waals surface area contributed by atoms with Crippen LogP contribution in [0.3, 0.4) is 0 Å². The summed E-state index contributed by atoms with van der Waals surface area (Å²) in [5, 5.41) is 0. The average Bonchev–Trinajstić information content (AvgIpc) is 1.79. The summed E-state index contributed by atoms with van der Waals surface area (Å²) >= 11 is 0. The third kappa shape index (κ3) is 2.50. The molecule has 0 N–H and O–H groups in total. The van der Waals surface area contributed by atoms with Crippen LogP contribution in [0.5, 0.6) is 0 Å². The molecule has 0 radical (unpaired) electrons. The lowest BCUT2D eigenvalue weighted by Gasteiger charge is -2.05. The van der Waals surface area contributed by atoms with Crippen LogP contribution in [0.2, 0.25) is 0 Å². The predicted octanol–water partition coefficient (Wildman–Crippen LogP) is 2.92. The zero-order valence-electron chi connectivity index (χ0n) is 6.01. The van der Waals surface area contributed by atoms with Gasteiger partial charge < -0.3 is 0 Å². The van der Waals surface area contributed by atoms with Gasteiger partial charge in [-0.25, -0.2) is 0 Å². The van der Waals surface area contributed by atoms with Gasteiger partial charge in [-0.1, -0.05) is 31.2 Å². The van der Waals surface area contributed by atoms with Crippen molar-refractivity contribution in [2.45, 2.75) is 26.2 Å². The Morgan fingerprint density at radius 2 is 1.56 bits per heavy atom. The lowest BCUT2D eigenvalue weighted by Crippen LogP contribution is -1.90. The van der Waals surface area contributed by atoms with Crippen molar-refractivity contribution in [3.05, 3.63) is 24.3 Å². The molecule has 1 rings (SSSR count). The van der Waals surface area contributed by atoms with E-state index in [1.165, 1.54) is 12.8 Å². The van der Waals surface area contributed by atoms with E-state index in [9.17, 15) is 0 Å². The van der Waals surface area contributed by atoms with E-state index >= 15 is 0 Å². The zero-order valence-corrected chi connectivity index (χ0v) is 6.01. The minimum atomic E-state index is 0.845. The maximum absolute atomic E-state index is 2.29. The van der Waals surface area contributed by atoms with Gasteiger partial charge in [-0.15, -0.1) is 0 Å². The molecule has 0 fully saturated rings. The molecule has 0 heterocycles. The Morgan fingerprint density at radius 1 is 1.00 bits per heavy atom. The van der Waals surface area contributed by atoms with Gasteiger partial charge in [0.2, 0.25) is 0 Å². The number of hydrogen-bond acceptors (Lipinski definition) is 0. The molecule has 0 spiro atoms. The molecule has 0 saturated heterocycles. The van der Waals surface area contributed by atoms with Crippen LogP contribution in [-0.2, 0) is 0 Å². The molecule has 0 amide bonds. The van der Waals surface area contributed by atoms with Gasteiger partial charge in [0.25, 0.3) is 0 Å². The van der Waals surface area contributed by atoms with Crippen LogP contribution in [-0.4, -0.2) is 0 Å². The molecule has 0 aromatic rings. The summed E-state index contributed by atoms with van der Waals surface area (Å²) in [4.78, 5) is 0. The Hall–Kier alpha value is -0.520. The Kier molecular flexibility index (Phi) is 2.56. The SMILES string of the molecule is CC1CC=CCC=CC1. The highest BCUT2D eigenvalue weighted by molar-refractivity contribution is 4.97. The first-order valence-corrected chi connectivity index (χ1v) is 3.69. The van der Waals surface area contributed by atoms with E-state index in [0.29, 0.717) is 0 Å². The first-order chi connectivity index (χ1) is 4.39. The summed E-state index contributed by atoms with van der Waals surface area (Å²) in [5.41, 5.74) is 0. The summed E-state index contributed by atoms with van der Waals surface area (Å²) in [6, 6.07) is 0. The van der Waals surface area contributed by atoms with E-state index in [4.69, 9.17) is 0 Å². The highest BCUT2D eigenvalue weighted by atomic mass is 14.0. The first-order valence-electron chi connectivity index (χ1n) is 3.69. The van der Waals surface area contributed by atoms with E-state index in [2.05, 4.69) is 31.2 Å². The normalized spacial score (nSPS) is 27.4. The lowest BCUT2D eigenvalue weighted by atomic mass is 10.0. The fraction of sp³-hybridized carbons (Fsp3) is 0.556. The first kappa shape index (κ1) is 6.60. The largest absolute Gasteiger partial charge is 0.0880 e. The van der Waals surface area contributed by atoms with E-state index in [0.717, 1.165) is 12.3 Å². The van der Waals surface area contributed by atoms with Crippen LogP contribution < -0.4 is 0 Å². The van der Waals surface area contributed by atoms with Gasteiger partial charge in [-0.05, 0) is 25.2 Å². The van der Waals surface area contributed by atoms with E-state index in [-0.39, 0.29) is 0 Å². The van der Waals surface area contributed by atoms with Crippen molar-refractivity contribution in [1.29, 1.82) is 0 Å². The smallest absolute Gasteiger partial charge is 0.0169 e. The van der Waals surface area contributed by atoms with Crippen molar-refractivity contribution < 1.29 is 0 Å². The molecule has 0 aromatic heterocycles. The summed E-state index contributed by atoms with van der Waals surface area (Å²) in [7, 11) is 0. The van der Waals surface area contributed by atoms with Crippen molar-refractivity contribution >= 4 is 0 Å². The van der Waals surface area contributed by atoms with Crippen molar-refractivity contribution in [2.75, 3.05) is 0 Å². The van der Waals surface area contributed by atoms with Crippen LogP contribution in [0.15, 0.2) is 24.3 Å². The Bertz CT molecular complexity index is 106. The molecule has 0 bridgehead atoms. The monoisotopic (exact) mass is 122 g/mol. The third-order valence-corrected chi connectivity index (χ3v) is 1.68. The third-order valence-electron chi connectivity index (χ3n) is 1.68.